The monoisotopic (exact) mass is 384 g/mol. The molecule has 2 aromatic carbocycles. The van der Waals surface area contributed by atoms with Crippen LogP contribution in [0, 0.1) is 6.92 Å². The normalized spacial score (nSPS) is 11.4. The maximum Gasteiger partial charge on any atom is 0.257 e. The minimum atomic E-state index is -0.156. The lowest BCUT2D eigenvalue weighted by Gasteiger charge is -2.18. The van der Waals surface area contributed by atoms with Gasteiger partial charge in [-0.2, -0.15) is 0 Å². The van der Waals surface area contributed by atoms with Crippen molar-refractivity contribution in [1.82, 2.24) is 4.98 Å². The molecule has 26 heavy (non-hydrogen) atoms. The van der Waals surface area contributed by atoms with Crippen LogP contribution in [0.5, 0.6) is 0 Å². The van der Waals surface area contributed by atoms with Gasteiger partial charge < -0.3 is 0 Å². The summed E-state index contributed by atoms with van der Waals surface area (Å²) in [6, 6.07) is 15.3. The molecule has 3 nitrogen and oxygen atoms in total. The number of carbonyl (C=O) groups excluding carboxylic acids is 1. The summed E-state index contributed by atoms with van der Waals surface area (Å²) in [5.74, 6) is -0.156. The molecule has 1 aromatic heterocycles. The van der Waals surface area contributed by atoms with Crippen molar-refractivity contribution >= 4 is 34.0 Å². The third kappa shape index (κ3) is 4.14. The topological polar surface area (TPSA) is 42.0 Å². The summed E-state index contributed by atoms with van der Waals surface area (Å²) >= 11 is 7.53. The number of thiazole rings is 1. The van der Waals surface area contributed by atoms with Crippen molar-refractivity contribution in [3.8, 4) is 11.3 Å². The zero-order chi connectivity index (χ0) is 18.9. The third-order valence-electron chi connectivity index (χ3n) is 4.13. The van der Waals surface area contributed by atoms with Crippen LogP contribution in [0.3, 0.4) is 0 Å². The zero-order valence-electron chi connectivity index (χ0n) is 15.3. The van der Waals surface area contributed by atoms with Crippen LogP contribution < -0.4 is 5.32 Å². The number of benzene rings is 2. The van der Waals surface area contributed by atoms with E-state index in [0.29, 0.717) is 15.7 Å². The Morgan fingerprint density at radius 1 is 1.12 bits per heavy atom. The number of nitrogens with one attached hydrogen (secondary N) is 1. The van der Waals surface area contributed by atoms with Crippen molar-refractivity contribution in [2.24, 2.45) is 0 Å². The molecule has 5 heteroatoms. The second-order valence-electron chi connectivity index (χ2n) is 7.22. The highest BCUT2D eigenvalue weighted by Crippen LogP contribution is 2.32. The van der Waals surface area contributed by atoms with Gasteiger partial charge >= 0.3 is 0 Å². The number of hydrogen-bond acceptors (Lipinski definition) is 3. The fraction of sp³-hybridized carbons (Fsp3) is 0.238. The van der Waals surface area contributed by atoms with Crippen LogP contribution in [-0.4, -0.2) is 10.9 Å². The van der Waals surface area contributed by atoms with E-state index >= 15 is 0 Å². The summed E-state index contributed by atoms with van der Waals surface area (Å²) in [6.07, 6.45) is 0. The first kappa shape index (κ1) is 18.6. The Morgan fingerprint density at radius 2 is 1.81 bits per heavy atom. The standard InChI is InChI=1S/C21H21ClN2OS/c1-13-18(15-6-5-7-17(22)12-15)23-20(26-13)24-19(25)14-8-10-16(11-9-14)21(2,3)4/h5-12H,1-4H3,(H,23,24,25). The molecule has 0 aliphatic rings. The van der Waals surface area contributed by atoms with Crippen molar-refractivity contribution in [2.45, 2.75) is 33.1 Å². The van der Waals surface area contributed by atoms with Gasteiger partial charge in [0, 0.05) is 21.0 Å². The maximum atomic E-state index is 12.5. The van der Waals surface area contributed by atoms with Gasteiger partial charge in [-0.15, -0.1) is 11.3 Å². The molecule has 0 spiro atoms. The summed E-state index contributed by atoms with van der Waals surface area (Å²) in [4.78, 5) is 18.1. The van der Waals surface area contributed by atoms with Gasteiger partial charge in [0.1, 0.15) is 0 Å². The Labute approximate surface area is 163 Å². The molecule has 0 aliphatic carbocycles. The molecule has 1 amide bonds. The molecule has 0 unspecified atom stereocenters. The van der Waals surface area contributed by atoms with Crippen molar-refractivity contribution in [3.63, 3.8) is 0 Å². The zero-order valence-corrected chi connectivity index (χ0v) is 16.8. The SMILES string of the molecule is Cc1sc(NC(=O)c2ccc(C(C)(C)C)cc2)nc1-c1cccc(Cl)c1. The first-order chi connectivity index (χ1) is 12.2. The summed E-state index contributed by atoms with van der Waals surface area (Å²) < 4.78 is 0. The first-order valence-corrected chi connectivity index (χ1v) is 9.59. The number of halogens is 1. The van der Waals surface area contributed by atoms with Crippen molar-refractivity contribution < 1.29 is 4.79 Å². The van der Waals surface area contributed by atoms with Gasteiger partial charge in [-0.25, -0.2) is 4.98 Å². The Balaban J connectivity index is 1.79. The highest BCUT2D eigenvalue weighted by molar-refractivity contribution is 7.16. The van der Waals surface area contributed by atoms with Crippen LogP contribution in [-0.2, 0) is 5.41 Å². The van der Waals surface area contributed by atoms with Crippen molar-refractivity contribution in [2.75, 3.05) is 5.32 Å². The molecular formula is C21H21ClN2OS. The van der Waals surface area contributed by atoms with Crippen molar-refractivity contribution in [3.05, 3.63) is 69.6 Å². The molecule has 134 valence electrons. The fourth-order valence-electron chi connectivity index (χ4n) is 2.64. The summed E-state index contributed by atoms with van der Waals surface area (Å²) in [7, 11) is 0. The van der Waals surface area contributed by atoms with Crippen molar-refractivity contribution in [1.29, 1.82) is 0 Å². The molecule has 0 atom stereocenters. The minimum absolute atomic E-state index is 0.0628. The van der Waals surface area contributed by atoms with Crippen LogP contribution in [0.4, 0.5) is 5.13 Å². The highest BCUT2D eigenvalue weighted by Gasteiger charge is 2.16. The van der Waals surface area contributed by atoms with E-state index in [4.69, 9.17) is 11.6 Å². The van der Waals surface area contributed by atoms with Gasteiger partial charge in [-0.05, 0) is 42.2 Å². The molecule has 1 heterocycles. The average Bonchev–Trinajstić information content (AvgIpc) is 2.94. The average molecular weight is 385 g/mol. The van der Waals surface area contributed by atoms with E-state index in [1.807, 2.05) is 55.5 Å². The van der Waals surface area contributed by atoms with E-state index in [0.717, 1.165) is 16.1 Å². The third-order valence-corrected chi connectivity index (χ3v) is 5.25. The van der Waals surface area contributed by atoms with Crippen LogP contribution in [0.1, 0.15) is 41.6 Å². The molecule has 0 saturated heterocycles. The van der Waals surface area contributed by atoms with E-state index in [2.05, 4.69) is 31.1 Å². The Morgan fingerprint density at radius 3 is 2.42 bits per heavy atom. The van der Waals surface area contributed by atoms with Crippen LogP contribution >= 0.6 is 22.9 Å². The Hall–Kier alpha value is -2.17. The molecule has 3 aromatic rings. The lowest BCUT2D eigenvalue weighted by Crippen LogP contribution is -2.14. The Bertz CT molecular complexity index is 939. The molecular weight excluding hydrogens is 364 g/mol. The number of carbonyl (C=O) groups is 1. The predicted molar refractivity (Wildman–Crippen MR) is 110 cm³/mol. The van der Waals surface area contributed by atoms with Crippen LogP contribution in [0.15, 0.2) is 48.5 Å². The number of hydrogen-bond donors (Lipinski definition) is 1. The largest absolute Gasteiger partial charge is 0.298 e. The molecule has 0 radical (unpaired) electrons. The molecule has 0 bridgehead atoms. The van der Waals surface area contributed by atoms with Gasteiger partial charge in [-0.3, -0.25) is 10.1 Å². The summed E-state index contributed by atoms with van der Waals surface area (Å²) in [5, 5.41) is 4.15. The molecule has 3 rings (SSSR count). The fourth-order valence-corrected chi connectivity index (χ4v) is 3.67. The quantitative estimate of drug-likeness (QED) is 0.573. The first-order valence-electron chi connectivity index (χ1n) is 8.39. The maximum absolute atomic E-state index is 12.5. The smallest absolute Gasteiger partial charge is 0.257 e. The number of anilines is 1. The minimum Gasteiger partial charge on any atom is -0.298 e. The summed E-state index contributed by atoms with van der Waals surface area (Å²) in [6.45, 7) is 8.44. The number of rotatable bonds is 3. The van der Waals surface area contributed by atoms with E-state index in [1.165, 1.54) is 16.9 Å². The number of aromatic nitrogens is 1. The number of aryl methyl sites for hydroxylation is 1. The van der Waals surface area contributed by atoms with Gasteiger partial charge in [0.25, 0.3) is 5.91 Å². The second kappa shape index (κ2) is 7.22. The Kier molecular flexibility index (Phi) is 5.17. The lowest BCUT2D eigenvalue weighted by molar-refractivity contribution is 0.102. The van der Waals surface area contributed by atoms with Gasteiger partial charge in [0.05, 0.1) is 5.69 Å². The van der Waals surface area contributed by atoms with Gasteiger partial charge in [-0.1, -0.05) is 56.6 Å². The molecule has 0 fully saturated rings. The van der Waals surface area contributed by atoms with Crippen LogP contribution in [0.25, 0.3) is 11.3 Å². The molecule has 1 N–H and O–H groups in total. The second-order valence-corrected chi connectivity index (χ2v) is 8.86. The number of nitrogens with zero attached hydrogens (tertiary/aromatic N) is 1. The molecule has 0 saturated carbocycles. The van der Waals surface area contributed by atoms with E-state index < -0.39 is 0 Å². The predicted octanol–water partition coefficient (Wildman–Crippen LogP) is 6.32. The number of amides is 1. The van der Waals surface area contributed by atoms with Crippen LogP contribution in [0.2, 0.25) is 5.02 Å². The summed E-state index contributed by atoms with van der Waals surface area (Å²) in [5.41, 5.74) is 3.67. The van der Waals surface area contributed by atoms with Gasteiger partial charge in [0.2, 0.25) is 0 Å². The van der Waals surface area contributed by atoms with E-state index in [1.54, 1.807) is 0 Å². The van der Waals surface area contributed by atoms with E-state index in [-0.39, 0.29) is 11.3 Å². The van der Waals surface area contributed by atoms with Gasteiger partial charge in [0.15, 0.2) is 5.13 Å². The van der Waals surface area contributed by atoms with E-state index in [9.17, 15) is 4.79 Å². The highest BCUT2D eigenvalue weighted by atomic mass is 35.5. The molecule has 0 aliphatic heterocycles. The lowest BCUT2D eigenvalue weighted by atomic mass is 9.87.